The van der Waals surface area contributed by atoms with Crippen LogP contribution in [0.3, 0.4) is 0 Å². The van der Waals surface area contributed by atoms with Crippen molar-refractivity contribution in [2.24, 2.45) is 0 Å². The zero-order valence-corrected chi connectivity index (χ0v) is 9.96. The van der Waals surface area contributed by atoms with E-state index >= 15 is 0 Å². The van der Waals surface area contributed by atoms with Gasteiger partial charge in [0.15, 0.2) is 0 Å². The quantitative estimate of drug-likeness (QED) is 0.750. The minimum Gasteiger partial charge on any atom is -0.369 e. The fourth-order valence-corrected chi connectivity index (χ4v) is 2.24. The molecule has 1 fully saturated rings. The van der Waals surface area contributed by atoms with E-state index in [4.69, 9.17) is 11.6 Å². The molecule has 0 unspecified atom stereocenters. The molecule has 1 aromatic carbocycles. The second-order valence-electron chi connectivity index (χ2n) is 3.99. The number of alkyl halides is 1. The van der Waals surface area contributed by atoms with Gasteiger partial charge in [-0.2, -0.15) is 0 Å². The Balaban J connectivity index is 1.91. The van der Waals surface area contributed by atoms with Crippen molar-refractivity contribution >= 4 is 17.3 Å². The number of hydrogen-bond acceptors (Lipinski definition) is 2. The number of hydrogen-bond donors (Lipinski definition) is 0. The summed E-state index contributed by atoms with van der Waals surface area (Å²) in [6.45, 7) is 5.00. The number of benzene rings is 1. The second kappa shape index (κ2) is 5.51. The van der Waals surface area contributed by atoms with Gasteiger partial charge >= 0.3 is 0 Å². The molecule has 0 spiro atoms. The van der Waals surface area contributed by atoms with Gasteiger partial charge in [0.25, 0.3) is 0 Å². The van der Waals surface area contributed by atoms with Gasteiger partial charge in [0.05, 0.1) is 0 Å². The van der Waals surface area contributed by atoms with E-state index in [0.717, 1.165) is 38.4 Å². The third-order valence-corrected chi connectivity index (χ3v) is 3.13. The van der Waals surface area contributed by atoms with Gasteiger partial charge in [0.1, 0.15) is 5.82 Å². The molecule has 1 aliphatic rings. The van der Waals surface area contributed by atoms with Gasteiger partial charge in [-0.05, 0) is 24.3 Å². The molecule has 0 aromatic heterocycles. The highest BCUT2D eigenvalue weighted by Crippen LogP contribution is 2.16. The van der Waals surface area contributed by atoms with Crippen molar-refractivity contribution in [3.63, 3.8) is 0 Å². The highest BCUT2D eigenvalue weighted by molar-refractivity contribution is 6.18. The van der Waals surface area contributed by atoms with Crippen LogP contribution < -0.4 is 4.90 Å². The first-order valence-electron chi connectivity index (χ1n) is 5.58. The summed E-state index contributed by atoms with van der Waals surface area (Å²) in [6, 6.07) is 6.71. The summed E-state index contributed by atoms with van der Waals surface area (Å²) in [5.41, 5.74) is 1.10. The largest absolute Gasteiger partial charge is 0.369 e. The minimum atomic E-state index is -0.176. The predicted molar refractivity (Wildman–Crippen MR) is 65.8 cm³/mol. The monoisotopic (exact) mass is 242 g/mol. The maximum Gasteiger partial charge on any atom is 0.123 e. The summed E-state index contributed by atoms with van der Waals surface area (Å²) in [4.78, 5) is 4.64. The molecule has 0 amide bonds. The normalized spacial score (nSPS) is 17.8. The van der Waals surface area contributed by atoms with Gasteiger partial charge in [-0.15, -0.1) is 11.6 Å². The van der Waals surface area contributed by atoms with Crippen molar-refractivity contribution in [2.75, 3.05) is 43.5 Å². The lowest BCUT2D eigenvalue weighted by atomic mass is 10.2. The van der Waals surface area contributed by atoms with Gasteiger partial charge in [-0.1, -0.05) is 0 Å². The van der Waals surface area contributed by atoms with Crippen LogP contribution in [0.4, 0.5) is 10.1 Å². The molecule has 1 saturated heterocycles. The molecule has 16 heavy (non-hydrogen) atoms. The van der Waals surface area contributed by atoms with E-state index < -0.39 is 0 Å². The number of anilines is 1. The smallest absolute Gasteiger partial charge is 0.123 e. The molecule has 4 heteroatoms. The topological polar surface area (TPSA) is 6.48 Å². The average Bonchev–Trinajstić information content (AvgIpc) is 2.32. The lowest BCUT2D eigenvalue weighted by Gasteiger charge is -2.35. The first-order valence-corrected chi connectivity index (χ1v) is 6.12. The van der Waals surface area contributed by atoms with E-state index in [9.17, 15) is 4.39 Å². The van der Waals surface area contributed by atoms with E-state index in [1.807, 2.05) is 12.1 Å². The van der Waals surface area contributed by atoms with Crippen molar-refractivity contribution in [1.82, 2.24) is 4.90 Å². The van der Waals surface area contributed by atoms with Crippen molar-refractivity contribution in [3.8, 4) is 0 Å². The molecule has 0 radical (unpaired) electrons. The molecule has 0 bridgehead atoms. The molecule has 1 aliphatic heterocycles. The van der Waals surface area contributed by atoms with Crippen LogP contribution in [0.2, 0.25) is 0 Å². The van der Waals surface area contributed by atoms with Gasteiger partial charge in [0, 0.05) is 44.3 Å². The number of nitrogens with zero attached hydrogens (tertiary/aromatic N) is 2. The number of rotatable bonds is 3. The Morgan fingerprint density at radius 2 is 1.69 bits per heavy atom. The maximum absolute atomic E-state index is 12.8. The molecule has 0 aliphatic carbocycles. The Kier molecular flexibility index (Phi) is 4.02. The Morgan fingerprint density at radius 1 is 1.06 bits per heavy atom. The predicted octanol–water partition coefficient (Wildman–Crippen LogP) is 2.19. The molecule has 0 N–H and O–H groups in total. The van der Waals surface area contributed by atoms with E-state index in [2.05, 4.69) is 9.80 Å². The van der Waals surface area contributed by atoms with Crippen molar-refractivity contribution in [2.45, 2.75) is 0 Å². The minimum absolute atomic E-state index is 0.176. The first kappa shape index (κ1) is 11.7. The van der Waals surface area contributed by atoms with Crippen LogP contribution in [0, 0.1) is 5.82 Å². The second-order valence-corrected chi connectivity index (χ2v) is 4.37. The van der Waals surface area contributed by atoms with Crippen LogP contribution in [0.25, 0.3) is 0 Å². The van der Waals surface area contributed by atoms with Gasteiger partial charge in [-0.3, -0.25) is 4.90 Å². The van der Waals surface area contributed by atoms with Crippen LogP contribution in [-0.2, 0) is 0 Å². The van der Waals surface area contributed by atoms with Crippen LogP contribution in [-0.4, -0.2) is 43.5 Å². The summed E-state index contributed by atoms with van der Waals surface area (Å²) in [6.07, 6.45) is 0. The number of piperazine rings is 1. The third-order valence-electron chi connectivity index (χ3n) is 2.96. The summed E-state index contributed by atoms with van der Waals surface area (Å²) in [5, 5.41) is 0. The molecular weight excluding hydrogens is 227 g/mol. The molecule has 1 aromatic rings. The Morgan fingerprint density at radius 3 is 2.25 bits per heavy atom. The van der Waals surface area contributed by atoms with Crippen molar-refractivity contribution < 1.29 is 4.39 Å². The molecule has 2 nitrogen and oxygen atoms in total. The fourth-order valence-electron chi connectivity index (χ4n) is 2.00. The van der Waals surface area contributed by atoms with Gasteiger partial charge < -0.3 is 4.90 Å². The van der Waals surface area contributed by atoms with Crippen LogP contribution >= 0.6 is 11.6 Å². The van der Waals surface area contributed by atoms with Crippen molar-refractivity contribution in [1.29, 1.82) is 0 Å². The average molecular weight is 243 g/mol. The molecule has 0 saturated carbocycles. The summed E-state index contributed by atoms with van der Waals surface area (Å²) >= 11 is 5.71. The molecule has 0 atom stereocenters. The summed E-state index contributed by atoms with van der Waals surface area (Å²) in [7, 11) is 0. The van der Waals surface area contributed by atoms with E-state index in [0.29, 0.717) is 5.88 Å². The summed E-state index contributed by atoms with van der Waals surface area (Å²) in [5.74, 6) is 0.515. The molecule has 2 rings (SSSR count). The van der Waals surface area contributed by atoms with Crippen LogP contribution in [0.5, 0.6) is 0 Å². The lowest BCUT2D eigenvalue weighted by Crippen LogP contribution is -2.46. The Hall–Kier alpha value is -0.800. The SMILES string of the molecule is Fc1ccc(N2CCN(CCCl)CC2)cc1. The Labute approximate surface area is 101 Å². The first-order chi connectivity index (χ1) is 7.79. The number of halogens is 2. The van der Waals surface area contributed by atoms with Crippen LogP contribution in [0.15, 0.2) is 24.3 Å². The highest BCUT2D eigenvalue weighted by Gasteiger charge is 2.16. The molecular formula is C12H16ClFN2. The maximum atomic E-state index is 12.8. The van der Waals surface area contributed by atoms with Gasteiger partial charge in [0.2, 0.25) is 0 Å². The summed E-state index contributed by atoms with van der Waals surface area (Å²) < 4.78 is 12.8. The standard InChI is InChI=1S/C12H16ClFN2/c13-5-6-15-7-9-16(10-8-15)12-3-1-11(14)2-4-12/h1-4H,5-10H2. The van der Waals surface area contributed by atoms with E-state index in [1.54, 1.807) is 0 Å². The van der Waals surface area contributed by atoms with Crippen LogP contribution in [0.1, 0.15) is 0 Å². The van der Waals surface area contributed by atoms with Gasteiger partial charge in [-0.25, -0.2) is 4.39 Å². The fraction of sp³-hybridized carbons (Fsp3) is 0.500. The van der Waals surface area contributed by atoms with Crippen molar-refractivity contribution in [3.05, 3.63) is 30.1 Å². The van der Waals surface area contributed by atoms with E-state index in [-0.39, 0.29) is 5.82 Å². The highest BCUT2D eigenvalue weighted by atomic mass is 35.5. The molecule has 88 valence electrons. The zero-order valence-electron chi connectivity index (χ0n) is 9.20. The molecule has 1 heterocycles. The lowest BCUT2D eigenvalue weighted by molar-refractivity contribution is 0.272. The Bertz CT molecular complexity index is 320. The third kappa shape index (κ3) is 2.86. The zero-order chi connectivity index (χ0) is 11.4. The van der Waals surface area contributed by atoms with E-state index in [1.165, 1.54) is 12.1 Å².